The molecule has 1 aromatic rings. The highest BCUT2D eigenvalue weighted by Crippen LogP contribution is 2.28. The maximum Gasteiger partial charge on any atom is 0.303 e. The molecule has 0 saturated heterocycles. The number of para-hydroxylation sites is 1. The summed E-state index contributed by atoms with van der Waals surface area (Å²) in [7, 11) is 0. The Hall–Kier alpha value is -2.77. The standard InChI is InChI=1S/C21H32N2O6/c1-4-12-23(13-11-15-7-6-8-16(24)20(15)28)21(29)19(14(3)5-2)22-17(25)9-10-18(26)27/h6-8,14,19,24,28H,4-5,9-13H2,1-3H3,(H,22,25)(H,26,27)/t14?,19-/m0/s1. The summed E-state index contributed by atoms with van der Waals surface area (Å²) in [6.45, 7) is 6.53. The lowest BCUT2D eigenvalue weighted by Gasteiger charge is -2.31. The van der Waals surface area contributed by atoms with E-state index in [2.05, 4.69) is 5.32 Å². The molecule has 0 radical (unpaired) electrons. The molecule has 0 aliphatic heterocycles. The largest absolute Gasteiger partial charge is 0.504 e. The number of aromatic hydroxyl groups is 2. The van der Waals surface area contributed by atoms with Crippen molar-refractivity contribution in [1.82, 2.24) is 10.2 Å². The van der Waals surface area contributed by atoms with Gasteiger partial charge >= 0.3 is 5.97 Å². The molecule has 8 heteroatoms. The summed E-state index contributed by atoms with van der Waals surface area (Å²) in [5.74, 6) is -2.29. The van der Waals surface area contributed by atoms with Crippen LogP contribution in [0.5, 0.6) is 11.5 Å². The summed E-state index contributed by atoms with van der Waals surface area (Å²) in [6, 6.07) is 3.95. The maximum atomic E-state index is 13.2. The molecule has 0 saturated carbocycles. The van der Waals surface area contributed by atoms with Crippen LogP contribution in [-0.2, 0) is 20.8 Å². The lowest BCUT2D eigenvalue weighted by atomic mass is 9.97. The van der Waals surface area contributed by atoms with E-state index in [-0.39, 0.29) is 36.2 Å². The second-order valence-electron chi connectivity index (χ2n) is 7.18. The van der Waals surface area contributed by atoms with Gasteiger partial charge in [-0.3, -0.25) is 14.4 Å². The van der Waals surface area contributed by atoms with E-state index in [9.17, 15) is 24.6 Å². The Labute approximate surface area is 171 Å². The SMILES string of the molecule is CCCN(CCc1cccc(O)c1O)C(=O)[C@@H](NC(=O)CCC(=O)O)C(C)CC. The minimum atomic E-state index is -1.06. The van der Waals surface area contributed by atoms with Gasteiger partial charge in [0.05, 0.1) is 6.42 Å². The summed E-state index contributed by atoms with van der Waals surface area (Å²) >= 11 is 0. The number of hydrogen-bond acceptors (Lipinski definition) is 5. The van der Waals surface area contributed by atoms with Crippen molar-refractivity contribution in [3.8, 4) is 11.5 Å². The molecule has 162 valence electrons. The van der Waals surface area contributed by atoms with Crippen LogP contribution in [0.2, 0.25) is 0 Å². The fourth-order valence-electron chi connectivity index (χ4n) is 2.98. The molecule has 29 heavy (non-hydrogen) atoms. The maximum absolute atomic E-state index is 13.2. The predicted molar refractivity (Wildman–Crippen MR) is 109 cm³/mol. The van der Waals surface area contributed by atoms with Crippen molar-refractivity contribution >= 4 is 17.8 Å². The van der Waals surface area contributed by atoms with E-state index < -0.39 is 17.9 Å². The van der Waals surface area contributed by atoms with Gasteiger partial charge < -0.3 is 25.5 Å². The number of phenols is 2. The van der Waals surface area contributed by atoms with E-state index in [0.29, 0.717) is 31.5 Å². The molecule has 0 aliphatic carbocycles. The van der Waals surface area contributed by atoms with Gasteiger partial charge in [0, 0.05) is 19.5 Å². The number of benzene rings is 1. The van der Waals surface area contributed by atoms with Gasteiger partial charge in [-0.15, -0.1) is 0 Å². The number of carboxylic acids is 1. The van der Waals surface area contributed by atoms with Crippen molar-refractivity contribution in [3.05, 3.63) is 23.8 Å². The second kappa shape index (κ2) is 11.9. The van der Waals surface area contributed by atoms with Gasteiger partial charge in [0.2, 0.25) is 11.8 Å². The minimum absolute atomic E-state index is 0.121. The average Bonchev–Trinajstić information content (AvgIpc) is 2.69. The fourth-order valence-corrected chi connectivity index (χ4v) is 2.98. The molecule has 0 fully saturated rings. The molecule has 2 amide bonds. The van der Waals surface area contributed by atoms with Gasteiger partial charge in [-0.05, 0) is 30.4 Å². The van der Waals surface area contributed by atoms with Crippen LogP contribution >= 0.6 is 0 Å². The first kappa shape index (κ1) is 24.3. The Balaban J connectivity index is 2.90. The van der Waals surface area contributed by atoms with Crippen LogP contribution in [0.15, 0.2) is 18.2 Å². The topological polar surface area (TPSA) is 127 Å². The highest BCUT2D eigenvalue weighted by Gasteiger charge is 2.29. The molecule has 1 rings (SSSR count). The van der Waals surface area contributed by atoms with Gasteiger partial charge in [-0.25, -0.2) is 0 Å². The number of amides is 2. The number of phenolic OH excluding ortho intramolecular Hbond substituents is 2. The molecule has 1 aromatic carbocycles. The van der Waals surface area contributed by atoms with Gasteiger partial charge in [-0.2, -0.15) is 0 Å². The number of nitrogens with one attached hydrogen (secondary N) is 1. The van der Waals surface area contributed by atoms with E-state index in [1.807, 2.05) is 20.8 Å². The van der Waals surface area contributed by atoms with Crippen LogP contribution in [0.25, 0.3) is 0 Å². The van der Waals surface area contributed by atoms with Crippen LogP contribution in [-0.4, -0.2) is 57.1 Å². The van der Waals surface area contributed by atoms with Gasteiger partial charge in [0.1, 0.15) is 6.04 Å². The van der Waals surface area contributed by atoms with Crippen molar-refractivity contribution in [2.45, 2.75) is 58.9 Å². The van der Waals surface area contributed by atoms with Crippen molar-refractivity contribution in [2.24, 2.45) is 5.92 Å². The summed E-state index contributed by atoms with van der Waals surface area (Å²) in [5.41, 5.74) is 0.532. The molecular weight excluding hydrogens is 376 g/mol. The molecule has 0 aromatic heterocycles. The molecule has 2 atom stereocenters. The van der Waals surface area contributed by atoms with E-state index in [1.54, 1.807) is 17.0 Å². The molecule has 8 nitrogen and oxygen atoms in total. The van der Waals surface area contributed by atoms with Crippen LogP contribution in [0.3, 0.4) is 0 Å². The molecular formula is C21H32N2O6. The Bertz CT molecular complexity index is 706. The number of carbonyl (C=O) groups is 3. The first-order valence-electron chi connectivity index (χ1n) is 10.0. The van der Waals surface area contributed by atoms with Crippen LogP contribution in [0.4, 0.5) is 0 Å². The van der Waals surface area contributed by atoms with Gasteiger partial charge in [0.25, 0.3) is 0 Å². The van der Waals surface area contributed by atoms with E-state index in [0.717, 1.165) is 6.42 Å². The third-order valence-electron chi connectivity index (χ3n) is 4.92. The smallest absolute Gasteiger partial charge is 0.303 e. The zero-order chi connectivity index (χ0) is 22.0. The zero-order valence-electron chi connectivity index (χ0n) is 17.4. The van der Waals surface area contributed by atoms with E-state index >= 15 is 0 Å². The first-order valence-corrected chi connectivity index (χ1v) is 10.0. The lowest BCUT2D eigenvalue weighted by Crippen LogP contribution is -2.52. The van der Waals surface area contributed by atoms with Crippen molar-refractivity contribution < 1.29 is 29.7 Å². The highest BCUT2D eigenvalue weighted by atomic mass is 16.4. The van der Waals surface area contributed by atoms with Crippen LogP contribution < -0.4 is 5.32 Å². The third kappa shape index (κ3) is 7.63. The number of carboxylic acid groups (broad SMARTS) is 1. The second-order valence-corrected chi connectivity index (χ2v) is 7.18. The Morgan fingerprint density at radius 1 is 1.10 bits per heavy atom. The van der Waals surface area contributed by atoms with E-state index in [4.69, 9.17) is 5.11 Å². The summed E-state index contributed by atoms with van der Waals surface area (Å²) in [4.78, 5) is 37.6. The number of carbonyl (C=O) groups excluding carboxylic acids is 2. The normalized spacial score (nSPS) is 12.8. The molecule has 4 N–H and O–H groups in total. The number of hydrogen-bond donors (Lipinski definition) is 4. The summed E-state index contributed by atoms with van der Waals surface area (Å²) < 4.78 is 0. The van der Waals surface area contributed by atoms with Gasteiger partial charge in [-0.1, -0.05) is 39.3 Å². The highest BCUT2D eigenvalue weighted by molar-refractivity contribution is 5.89. The zero-order valence-corrected chi connectivity index (χ0v) is 17.4. The fraction of sp³-hybridized carbons (Fsp3) is 0.571. The Morgan fingerprint density at radius 3 is 2.38 bits per heavy atom. The monoisotopic (exact) mass is 408 g/mol. The first-order chi connectivity index (χ1) is 13.7. The predicted octanol–water partition coefficient (Wildman–Crippen LogP) is 2.27. The quantitative estimate of drug-likeness (QED) is 0.393. The van der Waals surface area contributed by atoms with Crippen molar-refractivity contribution in [1.29, 1.82) is 0 Å². The molecule has 0 spiro atoms. The summed E-state index contributed by atoms with van der Waals surface area (Å²) in [5, 5.41) is 31.1. The number of aliphatic carboxylic acids is 1. The van der Waals surface area contributed by atoms with Crippen LogP contribution in [0.1, 0.15) is 52.0 Å². The van der Waals surface area contributed by atoms with Crippen LogP contribution in [0, 0.1) is 5.92 Å². The van der Waals surface area contributed by atoms with Crippen molar-refractivity contribution in [3.63, 3.8) is 0 Å². The Morgan fingerprint density at radius 2 is 1.79 bits per heavy atom. The van der Waals surface area contributed by atoms with Crippen molar-refractivity contribution in [2.75, 3.05) is 13.1 Å². The minimum Gasteiger partial charge on any atom is -0.504 e. The molecule has 0 bridgehead atoms. The molecule has 0 heterocycles. The molecule has 0 aliphatic rings. The third-order valence-corrected chi connectivity index (χ3v) is 4.92. The number of rotatable bonds is 12. The van der Waals surface area contributed by atoms with E-state index in [1.165, 1.54) is 6.07 Å². The average molecular weight is 408 g/mol. The lowest BCUT2D eigenvalue weighted by molar-refractivity contribution is -0.140. The molecule has 1 unspecified atom stereocenters. The van der Waals surface area contributed by atoms with Gasteiger partial charge in [0.15, 0.2) is 11.5 Å². The summed E-state index contributed by atoms with van der Waals surface area (Å²) in [6.07, 6.45) is 1.27. The number of nitrogens with zero attached hydrogens (tertiary/aromatic N) is 1. The Kier molecular flexibility index (Phi) is 9.99.